The highest BCUT2D eigenvalue weighted by molar-refractivity contribution is 5.76. The van der Waals surface area contributed by atoms with Gasteiger partial charge in [0.2, 0.25) is 0 Å². The SMILES string of the molecule is CCOc1ccc2nc(CN3CC(C)OC(C)C3)[nH]c2c1. The van der Waals surface area contributed by atoms with E-state index < -0.39 is 0 Å². The number of aromatic nitrogens is 2. The third-order valence-electron chi connectivity index (χ3n) is 3.68. The van der Waals surface area contributed by atoms with Gasteiger partial charge in [0.15, 0.2) is 0 Å². The first-order chi connectivity index (χ1) is 10.1. The fourth-order valence-corrected chi connectivity index (χ4v) is 3.00. The van der Waals surface area contributed by atoms with Gasteiger partial charge in [-0.1, -0.05) is 0 Å². The fourth-order valence-electron chi connectivity index (χ4n) is 3.00. The van der Waals surface area contributed by atoms with E-state index in [0.717, 1.165) is 42.2 Å². The number of hydrogen-bond donors (Lipinski definition) is 1. The van der Waals surface area contributed by atoms with Crippen molar-refractivity contribution in [2.75, 3.05) is 19.7 Å². The highest BCUT2D eigenvalue weighted by Gasteiger charge is 2.22. The summed E-state index contributed by atoms with van der Waals surface area (Å²) in [4.78, 5) is 10.5. The Balaban J connectivity index is 1.75. The predicted molar refractivity (Wildman–Crippen MR) is 82.5 cm³/mol. The smallest absolute Gasteiger partial charge is 0.121 e. The van der Waals surface area contributed by atoms with E-state index in [9.17, 15) is 0 Å². The molecule has 114 valence electrons. The Hall–Kier alpha value is -1.59. The van der Waals surface area contributed by atoms with E-state index in [1.54, 1.807) is 0 Å². The molecule has 0 radical (unpaired) electrons. The summed E-state index contributed by atoms with van der Waals surface area (Å²) in [5.74, 6) is 1.88. The maximum Gasteiger partial charge on any atom is 0.121 e. The van der Waals surface area contributed by atoms with Crippen molar-refractivity contribution >= 4 is 11.0 Å². The first-order valence-corrected chi connectivity index (χ1v) is 7.63. The molecule has 21 heavy (non-hydrogen) atoms. The zero-order valence-corrected chi connectivity index (χ0v) is 12.9. The summed E-state index contributed by atoms with van der Waals surface area (Å²) in [5.41, 5.74) is 2.02. The van der Waals surface area contributed by atoms with E-state index in [1.807, 2.05) is 25.1 Å². The Morgan fingerprint density at radius 1 is 1.33 bits per heavy atom. The lowest BCUT2D eigenvalue weighted by Gasteiger charge is -2.34. The molecule has 1 aromatic heterocycles. The molecular weight excluding hydrogens is 266 g/mol. The molecule has 1 aromatic carbocycles. The van der Waals surface area contributed by atoms with Crippen molar-refractivity contribution in [3.05, 3.63) is 24.0 Å². The van der Waals surface area contributed by atoms with Gasteiger partial charge in [-0.2, -0.15) is 0 Å². The van der Waals surface area contributed by atoms with Gasteiger partial charge in [0.25, 0.3) is 0 Å². The molecule has 1 aliphatic rings. The van der Waals surface area contributed by atoms with E-state index in [4.69, 9.17) is 9.47 Å². The van der Waals surface area contributed by atoms with E-state index in [-0.39, 0.29) is 12.2 Å². The number of nitrogens with zero attached hydrogens (tertiary/aromatic N) is 2. The number of fused-ring (bicyclic) bond motifs is 1. The first-order valence-electron chi connectivity index (χ1n) is 7.63. The van der Waals surface area contributed by atoms with Gasteiger partial charge in [-0.15, -0.1) is 0 Å². The Kier molecular flexibility index (Phi) is 4.12. The van der Waals surface area contributed by atoms with E-state index in [2.05, 4.69) is 28.7 Å². The molecule has 2 aromatic rings. The first kappa shape index (κ1) is 14.4. The van der Waals surface area contributed by atoms with Crippen LogP contribution in [-0.2, 0) is 11.3 Å². The van der Waals surface area contributed by atoms with Crippen LogP contribution in [0.25, 0.3) is 11.0 Å². The number of nitrogens with one attached hydrogen (secondary N) is 1. The quantitative estimate of drug-likeness (QED) is 0.940. The Bertz CT molecular complexity index is 601. The molecule has 1 aliphatic heterocycles. The van der Waals surface area contributed by atoms with Crippen LogP contribution in [0.2, 0.25) is 0 Å². The molecule has 0 amide bonds. The number of H-pyrrole nitrogens is 1. The van der Waals surface area contributed by atoms with Crippen molar-refractivity contribution < 1.29 is 9.47 Å². The Morgan fingerprint density at radius 2 is 2.10 bits per heavy atom. The summed E-state index contributed by atoms with van der Waals surface area (Å²) in [5, 5.41) is 0. The van der Waals surface area contributed by atoms with Crippen molar-refractivity contribution in [2.45, 2.75) is 39.5 Å². The van der Waals surface area contributed by atoms with Crippen LogP contribution in [0.1, 0.15) is 26.6 Å². The lowest BCUT2D eigenvalue weighted by Crippen LogP contribution is -2.44. The minimum absolute atomic E-state index is 0.280. The van der Waals surface area contributed by atoms with Gasteiger partial charge < -0.3 is 14.5 Å². The number of hydrogen-bond acceptors (Lipinski definition) is 4. The Morgan fingerprint density at radius 3 is 2.81 bits per heavy atom. The van der Waals surface area contributed by atoms with Crippen LogP contribution in [0.5, 0.6) is 5.75 Å². The molecule has 3 rings (SSSR count). The molecule has 2 unspecified atom stereocenters. The van der Waals surface area contributed by atoms with Crippen molar-refractivity contribution in [3.63, 3.8) is 0 Å². The molecule has 1 fully saturated rings. The molecular formula is C16H23N3O2. The van der Waals surface area contributed by atoms with Crippen molar-refractivity contribution in [2.24, 2.45) is 0 Å². The highest BCUT2D eigenvalue weighted by atomic mass is 16.5. The second kappa shape index (κ2) is 6.03. The number of benzene rings is 1. The van der Waals surface area contributed by atoms with Gasteiger partial charge >= 0.3 is 0 Å². The van der Waals surface area contributed by atoms with Gasteiger partial charge in [0, 0.05) is 19.2 Å². The third-order valence-corrected chi connectivity index (χ3v) is 3.68. The largest absolute Gasteiger partial charge is 0.494 e. The van der Waals surface area contributed by atoms with Gasteiger partial charge in [-0.05, 0) is 32.9 Å². The monoisotopic (exact) mass is 289 g/mol. The van der Waals surface area contributed by atoms with Crippen molar-refractivity contribution in [3.8, 4) is 5.75 Å². The number of imidazole rings is 1. The number of aromatic amines is 1. The molecule has 0 aliphatic carbocycles. The lowest BCUT2D eigenvalue weighted by atomic mass is 10.2. The topological polar surface area (TPSA) is 50.4 Å². The molecule has 1 N–H and O–H groups in total. The summed E-state index contributed by atoms with van der Waals surface area (Å²) in [6, 6.07) is 5.99. The molecule has 0 bridgehead atoms. The van der Waals surface area contributed by atoms with Gasteiger partial charge in [-0.25, -0.2) is 4.98 Å². The standard InChI is InChI=1S/C16H23N3O2/c1-4-20-13-5-6-14-15(7-13)18-16(17-14)10-19-8-11(2)21-12(3)9-19/h5-7,11-12H,4,8-10H2,1-3H3,(H,17,18). The maximum atomic E-state index is 5.77. The van der Waals surface area contributed by atoms with Crippen LogP contribution in [0.4, 0.5) is 0 Å². The average Bonchev–Trinajstić information content (AvgIpc) is 2.79. The summed E-state index contributed by atoms with van der Waals surface area (Å²) < 4.78 is 11.3. The molecule has 5 nitrogen and oxygen atoms in total. The van der Waals surface area contributed by atoms with Crippen molar-refractivity contribution in [1.29, 1.82) is 0 Å². The van der Waals surface area contributed by atoms with Gasteiger partial charge in [0.1, 0.15) is 11.6 Å². The molecule has 0 saturated carbocycles. The summed E-state index contributed by atoms with van der Waals surface area (Å²) in [6.45, 7) is 9.64. The highest BCUT2D eigenvalue weighted by Crippen LogP contribution is 2.20. The molecule has 5 heteroatoms. The fraction of sp³-hybridized carbons (Fsp3) is 0.562. The molecule has 1 saturated heterocycles. The average molecular weight is 289 g/mol. The minimum Gasteiger partial charge on any atom is -0.494 e. The minimum atomic E-state index is 0.280. The maximum absolute atomic E-state index is 5.77. The number of rotatable bonds is 4. The van der Waals surface area contributed by atoms with Crippen LogP contribution in [0, 0.1) is 0 Å². The number of ether oxygens (including phenoxy) is 2. The molecule has 0 spiro atoms. The van der Waals surface area contributed by atoms with E-state index >= 15 is 0 Å². The second-order valence-corrected chi connectivity index (χ2v) is 5.75. The molecule has 2 heterocycles. The summed E-state index contributed by atoms with van der Waals surface area (Å²) >= 11 is 0. The van der Waals surface area contributed by atoms with Gasteiger partial charge in [-0.3, -0.25) is 4.90 Å². The van der Waals surface area contributed by atoms with Crippen LogP contribution in [-0.4, -0.2) is 46.8 Å². The van der Waals surface area contributed by atoms with Gasteiger partial charge in [0.05, 0.1) is 36.4 Å². The normalized spacial score (nSPS) is 23.6. The zero-order valence-electron chi connectivity index (χ0n) is 12.9. The van der Waals surface area contributed by atoms with Crippen LogP contribution < -0.4 is 4.74 Å². The Labute approximate surface area is 125 Å². The third kappa shape index (κ3) is 3.36. The predicted octanol–water partition coefficient (Wildman–Crippen LogP) is 2.57. The van der Waals surface area contributed by atoms with Crippen molar-refractivity contribution in [1.82, 2.24) is 14.9 Å². The zero-order chi connectivity index (χ0) is 14.8. The molecule has 2 atom stereocenters. The van der Waals surface area contributed by atoms with Crippen LogP contribution in [0.3, 0.4) is 0 Å². The van der Waals surface area contributed by atoms with Crippen LogP contribution in [0.15, 0.2) is 18.2 Å². The van der Waals surface area contributed by atoms with Crippen LogP contribution >= 0.6 is 0 Å². The van der Waals surface area contributed by atoms with E-state index in [1.165, 1.54) is 0 Å². The lowest BCUT2D eigenvalue weighted by molar-refractivity contribution is -0.0710. The summed E-state index contributed by atoms with van der Waals surface area (Å²) in [6.07, 6.45) is 0.561. The second-order valence-electron chi connectivity index (χ2n) is 5.75. The number of morpholine rings is 1. The van der Waals surface area contributed by atoms with E-state index in [0.29, 0.717) is 6.61 Å². The summed E-state index contributed by atoms with van der Waals surface area (Å²) in [7, 11) is 0.